The van der Waals surface area contributed by atoms with Crippen LogP contribution >= 0.6 is 11.6 Å². The lowest BCUT2D eigenvalue weighted by Gasteiger charge is -2.18. The molecule has 0 saturated carbocycles. The fraction of sp³-hybridized carbons (Fsp3) is 0.286. The second-order valence-electron chi connectivity index (χ2n) is 6.62. The topological polar surface area (TPSA) is 110 Å². The number of hydrogen-bond acceptors (Lipinski definition) is 6. The molecule has 2 aromatic carbocycles. The number of halogens is 1. The summed E-state index contributed by atoms with van der Waals surface area (Å²) in [5, 5.41) is 23.3. The molecule has 158 valence electrons. The van der Waals surface area contributed by atoms with E-state index in [9.17, 15) is 4.79 Å². The molecule has 9 heteroatoms. The van der Waals surface area contributed by atoms with E-state index in [0.29, 0.717) is 41.8 Å². The first kappa shape index (κ1) is 21.6. The van der Waals surface area contributed by atoms with Crippen molar-refractivity contribution in [2.45, 2.75) is 25.3 Å². The number of nitrogens with zero attached hydrogens (tertiary/aromatic N) is 2. The summed E-state index contributed by atoms with van der Waals surface area (Å²) in [5.41, 5.74) is 1.64. The average molecular weight is 431 g/mol. The van der Waals surface area contributed by atoms with Crippen molar-refractivity contribution < 1.29 is 19.1 Å². The molecule has 1 heterocycles. The Bertz CT molecular complexity index is 944. The van der Waals surface area contributed by atoms with Gasteiger partial charge in [-0.05, 0) is 48.4 Å². The van der Waals surface area contributed by atoms with E-state index in [2.05, 4.69) is 20.8 Å². The summed E-state index contributed by atoms with van der Waals surface area (Å²) in [7, 11) is 1.61. The van der Waals surface area contributed by atoms with Gasteiger partial charge in [0.1, 0.15) is 5.75 Å². The van der Waals surface area contributed by atoms with Gasteiger partial charge in [0.15, 0.2) is 0 Å². The van der Waals surface area contributed by atoms with Crippen molar-refractivity contribution in [3.63, 3.8) is 0 Å². The van der Waals surface area contributed by atoms with Gasteiger partial charge in [-0.25, -0.2) is 4.79 Å². The molecule has 8 nitrogen and oxygen atoms in total. The molecular weight excluding hydrogens is 408 g/mol. The van der Waals surface area contributed by atoms with Crippen LogP contribution in [0, 0.1) is 0 Å². The molecule has 0 unspecified atom stereocenters. The van der Waals surface area contributed by atoms with E-state index in [1.54, 1.807) is 31.4 Å². The normalized spacial score (nSPS) is 11.7. The number of aliphatic hydroxyl groups is 1. The molecule has 0 radical (unpaired) electrons. The Morgan fingerprint density at radius 1 is 1.10 bits per heavy atom. The fourth-order valence-electron chi connectivity index (χ4n) is 2.88. The highest BCUT2D eigenvalue weighted by molar-refractivity contribution is 6.30. The van der Waals surface area contributed by atoms with Gasteiger partial charge >= 0.3 is 6.03 Å². The van der Waals surface area contributed by atoms with Gasteiger partial charge in [0.05, 0.1) is 13.7 Å². The predicted molar refractivity (Wildman–Crippen MR) is 113 cm³/mol. The lowest BCUT2D eigenvalue weighted by atomic mass is 10.0. The number of hydrogen-bond donors (Lipinski definition) is 3. The van der Waals surface area contributed by atoms with Crippen LogP contribution in [0.1, 0.15) is 17.3 Å². The number of amides is 2. The zero-order chi connectivity index (χ0) is 21.3. The number of methoxy groups -OCH3 is 1. The first-order chi connectivity index (χ1) is 14.6. The van der Waals surface area contributed by atoms with E-state index in [1.165, 1.54) is 0 Å². The van der Waals surface area contributed by atoms with E-state index in [4.69, 9.17) is 25.9 Å². The molecule has 1 aromatic heterocycles. The number of urea groups is 1. The maximum absolute atomic E-state index is 12.5. The molecule has 3 aromatic rings. The SMILES string of the molecule is COc1ccc(C[C@@H](Cc2nnc(CCO)o2)NC(=O)Nc2ccc(Cl)cc2)cc1. The molecule has 0 spiro atoms. The first-order valence-electron chi connectivity index (χ1n) is 9.44. The van der Waals surface area contributed by atoms with E-state index in [0.717, 1.165) is 11.3 Å². The van der Waals surface area contributed by atoms with Crippen LogP contribution in [0.3, 0.4) is 0 Å². The molecule has 3 rings (SSSR count). The minimum atomic E-state index is -0.356. The Labute approximate surface area is 179 Å². The standard InChI is InChI=1S/C21H23ClN4O4/c1-29-18-8-2-14(3-9-18)12-17(13-20-26-25-19(30-20)10-11-27)24-21(28)23-16-6-4-15(22)5-7-16/h2-9,17,27H,10-13H2,1H3,(H2,23,24,28)/t17-/m0/s1. The molecule has 3 N–H and O–H groups in total. The smallest absolute Gasteiger partial charge is 0.319 e. The van der Waals surface area contributed by atoms with Gasteiger partial charge in [0.2, 0.25) is 11.8 Å². The molecule has 0 aliphatic rings. The average Bonchev–Trinajstić information content (AvgIpc) is 3.17. The maximum atomic E-state index is 12.5. The van der Waals surface area contributed by atoms with Crippen LogP contribution in [0.4, 0.5) is 10.5 Å². The number of ether oxygens (including phenoxy) is 1. The summed E-state index contributed by atoms with van der Waals surface area (Å²) in [6.07, 6.45) is 1.19. The van der Waals surface area contributed by atoms with Crippen LogP contribution in [-0.2, 0) is 19.3 Å². The summed E-state index contributed by atoms with van der Waals surface area (Å²) in [5.74, 6) is 1.51. The Morgan fingerprint density at radius 2 is 1.80 bits per heavy atom. The largest absolute Gasteiger partial charge is 0.497 e. The quantitative estimate of drug-likeness (QED) is 0.480. The van der Waals surface area contributed by atoms with E-state index in [-0.39, 0.29) is 18.7 Å². The summed E-state index contributed by atoms with van der Waals surface area (Å²) in [6, 6.07) is 13.8. The summed E-state index contributed by atoms with van der Waals surface area (Å²) >= 11 is 5.88. The lowest BCUT2D eigenvalue weighted by Crippen LogP contribution is -2.40. The van der Waals surface area contributed by atoms with Gasteiger partial charge < -0.3 is 24.9 Å². The van der Waals surface area contributed by atoms with Crippen molar-refractivity contribution in [1.82, 2.24) is 15.5 Å². The van der Waals surface area contributed by atoms with E-state index < -0.39 is 0 Å². The molecule has 30 heavy (non-hydrogen) atoms. The number of carbonyl (C=O) groups excluding carboxylic acids is 1. The summed E-state index contributed by atoms with van der Waals surface area (Å²) < 4.78 is 10.7. The number of carbonyl (C=O) groups is 1. The van der Waals surface area contributed by atoms with Crippen LogP contribution in [-0.4, -0.2) is 41.1 Å². The van der Waals surface area contributed by atoms with Gasteiger partial charge in [0, 0.05) is 29.6 Å². The second-order valence-corrected chi connectivity index (χ2v) is 7.06. The third-order valence-corrected chi connectivity index (χ3v) is 4.59. The van der Waals surface area contributed by atoms with Crippen molar-refractivity contribution in [2.24, 2.45) is 0 Å². The number of rotatable bonds is 9. The molecule has 0 aliphatic heterocycles. The summed E-state index contributed by atoms with van der Waals surface area (Å²) in [6.45, 7) is -0.0708. The molecule has 0 bridgehead atoms. The predicted octanol–water partition coefficient (Wildman–Crippen LogP) is 3.24. The lowest BCUT2D eigenvalue weighted by molar-refractivity contribution is 0.247. The van der Waals surface area contributed by atoms with Crippen molar-refractivity contribution >= 4 is 23.3 Å². The molecule has 0 saturated heterocycles. The highest BCUT2D eigenvalue weighted by Gasteiger charge is 2.18. The Hall–Kier alpha value is -3.10. The Kier molecular flexibility index (Phi) is 7.64. The Morgan fingerprint density at radius 3 is 2.47 bits per heavy atom. The minimum absolute atomic E-state index is 0.0708. The van der Waals surface area contributed by atoms with Crippen molar-refractivity contribution in [3.05, 3.63) is 70.9 Å². The van der Waals surface area contributed by atoms with Crippen molar-refractivity contribution in [1.29, 1.82) is 0 Å². The fourth-order valence-corrected chi connectivity index (χ4v) is 3.01. The number of aromatic nitrogens is 2. The van der Waals surface area contributed by atoms with Gasteiger partial charge in [-0.1, -0.05) is 23.7 Å². The number of aliphatic hydroxyl groups excluding tert-OH is 1. The maximum Gasteiger partial charge on any atom is 0.319 e. The number of nitrogens with one attached hydrogen (secondary N) is 2. The van der Waals surface area contributed by atoms with Gasteiger partial charge in [-0.3, -0.25) is 0 Å². The highest BCUT2D eigenvalue weighted by atomic mass is 35.5. The first-order valence-corrected chi connectivity index (χ1v) is 9.81. The van der Waals surface area contributed by atoms with Crippen LogP contribution in [0.5, 0.6) is 5.75 Å². The van der Waals surface area contributed by atoms with E-state index >= 15 is 0 Å². The monoisotopic (exact) mass is 430 g/mol. The van der Waals surface area contributed by atoms with Crippen molar-refractivity contribution in [2.75, 3.05) is 19.0 Å². The van der Waals surface area contributed by atoms with E-state index in [1.807, 2.05) is 24.3 Å². The zero-order valence-corrected chi connectivity index (χ0v) is 17.2. The number of anilines is 1. The molecule has 2 amide bonds. The van der Waals surface area contributed by atoms with Crippen molar-refractivity contribution in [3.8, 4) is 5.75 Å². The minimum Gasteiger partial charge on any atom is -0.497 e. The van der Waals surface area contributed by atoms with Gasteiger partial charge in [-0.15, -0.1) is 10.2 Å². The highest BCUT2D eigenvalue weighted by Crippen LogP contribution is 2.16. The summed E-state index contributed by atoms with van der Waals surface area (Å²) in [4.78, 5) is 12.5. The molecule has 1 atom stereocenters. The van der Waals surface area contributed by atoms with Crippen LogP contribution in [0.15, 0.2) is 52.9 Å². The zero-order valence-electron chi connectivity index (χ0n) is 16.5. The van der Waals surface area contributed by atoms with Crippen LogP contribution < -0.4 is 15.4 Å². The third-order valence-electron chi connectivity index (χ3n) is 4.33. The van der Waals surface area contributed by atoms with Crippen LogP contribution in [0.25, 0.3) is 0 Å². The molecule has 0 fully saturated rings. The van der Waals surface area contributed by atoms with Gasteiger partial charge in [-0.2, -0.15) is 0 Å². The molecule has 0 aliphatic carbocycles. The molecular formula is C21H23ClN4O4. The third kappa shape index (κ3) is 6.47. The Balaban J connectivity index is 1.69. The van der Waals surface area contributed by atoms with Gasteiger partial charge in [0.25, 0.3) is 0 Å². The van der Waals surface area contributed by atoms with Crippen LogP contribution in [0.2, 0.25) is 5.02 Å². The number of benzene rings is 2. The second kappa shape index (κ2) is 10.6.